The number of halogens is 1. The molecule has 0 unspecified atom stereocenters. The minimum absolute atomic E-state index is 0.164. The topological polar surface area (TPSA) is 79.7 Å². The van der Waals surface area contributed by atoms with E-state index in [0.29, 0.717) is 23.8 Å². The molecule has 4 rings (SSSR count). The van der Waals surface area contributed by atoms with Crippen molar-refractivity contribution < 1.29 is 4.79 Å². The number of nitrogens with zero attached hydrogens (tertiary/aromatic N) is 5. The van der Waals surface area contributed by atoms with Gasteiger partial charge in [-0.3, -0.25) is 9.89 Å². The molecular weight excluding hydrogens is 304 g/mol. The number of rotatable bonds is 2. The zero-order valence-corrected chi connectivity index (χ0v) is 12.2. The molecule has 110 valence electrons. The molecule has 1 amide bonds. The molecule has 8 heteroatoms. The summed E-state index contributed by atoms with van der Waals surface area (Å²) in [6.45, 7) is 1.04. The maximum Gasteiger partial charge on any atom is 0.276 e. The smallest absolute Gasteiger partial charge is 0.276 e. The summed E-state index contributed by atoms with van der Waals surface area (Å²) in [6, 6.07) is 7.27. The second-order valence-corrected chi connectivity index (χ2v) is 5.44. The summed E-state index contributed by atoms with van der Waals surface area (Å²) in [5, 5.41) is 15.3. The fourth-order valence-electron chi connectivity index (χ4n) is 2.49. The molecule has 0 spiro atoms. The van der Waals surface area contributed by atoms with Gasteiger partial charge in [0.15, 0.2) is 5.69 Å². The molecule has 0 saturated carbocycles. The minimum Gasteiger partial charge on any atom is -0.327 e. The number of carbonyl (C=O) groups is 1. The van der Waals surface area contributed by atoms with Crippen molar-refractivity contribution in [2.75, 3.05) is 0 Å². The van der Waals surface area contributed by atoms with Crippen LogP contribution < -0.4 is 0 Å². The Bertz CT molecular complexity index is 834. The molecule has 3 heterocycles. The molecule has 7 nitrogen and oxygen atoms in total. The highest BCUT2D eigenvalue weighted by Gasteiger charge is 2.27. The molecule has 0 atom stereocenters. The zero-order valence-electron chi connectivity index (χ0n) is 11.4. The quantitative estimate of drug-likeness (QED) is 0.782. The molecule has 2 aromatic heterocycles. The van der Waals surface area contributed by atoms with Crippen LogP contribution in [0.25, 0.3) is 5.69 Å². The van der Waals surface area contributed by atoms with Crippen molar-refractivity contribution in [2.45, 2.75) is 13.1 Å². The highest BCUT2D eigenvalue weighted by atomic mass is 35.5. The van der Waals surface area contributed by atoms with Crippen LogP contribution in [0, 0.1) is 0 Å². The van der Waals surface area contributed by atoms with E-state index in [1.807, 2.05) is 18.2 Å². The molecule has 22 heavy (non-hydrogen) atoms. The van der Waals surface area contributed by atoms with E-state index < -0.39 is 0 Å². The van der Waals surface area contributed by atoms with Gasteiger partial charge in [0.05, 0.1) is 35.3 Å². The van der Waals surface area contributed by atoms with Crippen molar-refractivity contribution in [3.63, 3.8) is 0 Å². The summed E-state index contributed by atoms with van der Waals surface area (Å²) in [5.74, 6) is -0.164. The Morgan fingerprint density at radius 1 is 1.27 bits per heavy atom. The third kappa shape index (κ3) is 2.06. The van der Waals surface area contributed by atoms with E-state index in [1.54, 1.807) is 23.4 Å². The highest BCUT2D eigenvalue weighted by Crippen LogP contribution is 2.22. The van der Waals surface area contributed by atoms with Gasteiger partial charge in [-0.2, -0.15) is 5.10 Å². The van der Waals surface area contributed by atoms with E-state index >= 15 is 0 Å². The largest absolute Gasteiger partial charge is 0.327 e. The second-order valence-electron chi connectivity index (χ2n) is 5.03. The van der Waals surface area contributed by atoms with Gasteiger partial charge in [0.2, 0.25) is 0 Å². The maximum absolute atomic E-state index is 12.5. The van der Waals surface area contributed by atoms with Gasteiger partial charge in [0.25, 0.3) is 5.91 Å². The van der Waals surface area contributed by atoms with E-state index in [9.17, 15) is 4.79 Å². The number of para-hydroxylation sites is 1. The summed E-state index contributed by atoms with van der Waals surface area (Å²) < 4.78 is 1.51. The van der Waals surface area contributed by atoms with Crippen molar-refractivity contribution in [3.05, 3.63) is 58.6 Å². The first-order chi connectivity index (χ1) is 10.7. The van der Waals surface area contributed by atoms with Crippen LogP contribution in [-0.4, -0.2) is 36.0 Å². The van der Waals surface area contributed by atoms with Crippen LogP contribution in [0.15, 0.2) is 36.7 Å². The number of hydrogen-bond acceptors (Lipinski definition) is 4. The summed E-state index contributed by atoms with van der Waals surface area (Å²) in [4.78, 5) is 14.2. The first-order valence-corrected chi connectivity index (χ1v) is 7.08. The van der Waals surface area contributed by atoms with Gasteiger partial charge in [0.1, 0.15) is 0 Å². The SMILES string of the molecule is O=C(c1cn(-c2ccccc2Cl)nn1)N1Cc2cn[nH]c2C1. The van der Waals surface area contributed by atoms with Gasteiger partial charge < -0.3 is 4.90 Å². The Morgan fingerprint density at radius 3 is 2.95 bits per heavy atom. The maximum atomic E-state index is 12.5. The summed E-state index contributed by atoms with van der Waals surface area (Å²) >= 11 is 6.13. The van der Waals surface area contributed by atoms with Crippen molar-refractivity contribution in [2.24, 2.45) is 0 Å². The van der Waals surface area contributed by atoms with Crippen LogP contribution in [0.4, 0.5) is 0 Å². The van der Waals surface area contributed by atoms with Crippen LogP contribution >= 0.6 is 11.6 Å². The van der Waals surface area contributed by atoms with E-state index in [2.05, 4.69) is 20.5 Å². The number of aromatic nitrogens is 5. The molecule has 1 aliphatic heterocycles. The van der Waals surface area contributed by atoms with Crippen LogP contribution in [0.3, 0.4) is 0 Å². The minimum atomic E-state index is -0.164. The van der Waals surface area contributed by atoms with Crippen LogP contribution in [0.2, 0.25) is 5.02 Å². The number of benzene rings is 1. The number of hydrogen-bond donors (Lipinski definition) is 1. The first kappa shape index (κ1) is 13.0. The number of aromatic amines is 1. The molecule has 0 bridgehead atoms. The first-order valence-electron chi connectivity index (χ1n) is 6.70. The molecule has 0 saturated heterocycles. The van der Waals surface area contributed by atoms with Gasteiger partial charge in [-0.15, -0.1) is 5.10 Å². The molecule has 0 aliphatic carbocycles. The lowest BCUT2D eigenvalue weighted by atomic mass is 10.3. The standard InChI is InChI=1S/C14H11ClN6O/c15-10-3-1-2-4-13(10)21-8-12(18-19-21)14(22)20-6-9-5-16-17-11(9)7-20/h1-5,8H,6-7H2,(H,16,17). The normalized spacial score (nSPS) is 13.4. The monoisotopic (exact) mass is 314 g/mol. The lowest BCUT2D eigenvalue weighted by Crippen LogP contribution is -2.26. The Labute approximate surface area is 130 Å². The highest BCUT2D eigenvalue weighted by molar-refractivity contribution is 6.32. The summed E-state index contributed by atoms with van der Waals surface area (Å²) in [5.41, 5.74) is 2.98. The number of amides is 1. The van der Waals surface area contributed by atoms with Gasteiger partial charge in [-0.1, -0.05) is 28.9 Å². The lowest BCUT2D eigenvalue weighted by molar-refractivity contribution is 0.0743. The average Bonchev–Trinajstić information content (AvgIpc) is 3.22. The van der Waals surface area contributed by atoms with E-state index in [1.165, 1.54) is 4.68 Å². The molecule has 1 aliphatic rings. The molecular formula is C14H11ClN6O. The van der Waals surface area contributed by atoms with Crippen LogP contribution in [0.1, 0.15) is 21.7 Å². The fraction of sp³-hybridized carbons (Fsp3) is 0.143. The van der Waals surface area contributed by atoms with Crippen LogP contribution in [0.5, 0.6) is 0 Å². The molecule has 0 radical (unpaired) electrons. The zero-order chi connectivity index (χ0) is 15.1. The Balaban J connectivity index is 1.58. The number of fused-ring (bicyclic) bond motifs is 1. The third-order valence-electron chi connectivity index (χ3n) is 3.62. The third-order valence-corrected chi connectivity index (χ3v) is 3.94. The van der Waals surface area contributed by atoms with Gasteiger partial charge >= 0.3 is 0 Å². The predicted octanol–water partition coefficient (Wildman–Crippen LogP) is 1.80. The second kappa shape index (κ2) is 4.96. The van der Waals surface area contributed by atoms with Crippen molar-refractivity contribution in [3.8, 4) is 5.69 Å². The number of carbonyl (C=O) groups excluding carboxylic acids is 1. The summed E-state index contributed by atoms with van der Waals surface area (Å²) in [7, 11) is 0. The van der Waals surface area contributed by atoms with Crippen molar-refractivity contribution in [1.82, 2.24) is 30.1 Å². The lowest BCUT2D eigenvalue weighted by Gasteiger charge is -2.12. The molecule has 0 fully saturated rings. The van der Waals surface area contributed by atoms with E-state index in [-0.39, 0.29) is 11.6 Å². The van der Waals surface area contributed by atoms with E-state index in [4.69, 9.17) is 11.6 Å². The van der Waals surface area contributed by atoms with Gasteiger partial charge in [-0.25, -0.2) is 4.68 Å². The molecule has 1 aromatic carbocycles. The Kier molecular flexibility index (Phi) is 2.93. The number of H-pyrrole nitrogens is 1. The van der Waals surface area contributed by atoms with Gasteiger partial charge in [-0.05, 0) is 12.1 Å². The van der Waals surface area contributed by atoms with Crippen molar-refractivity contribution >= 4 is 17.5 Å². The van der Waals surface area contributed by atoms with Crippen LogP contribution in [-0.2, 0) is 13.1 Å². The average molecular weight is 315 g/mol. The summed E-state index contributed by atoms with van der Waals surface area (Å²) in [6.07, 6.45) is 3.33. The Hall–Kier alpha value is -2.67. The number of nitrogens with one attached hydrogen (secondary N) is 1. The molecule has 1 N–H and O–H groups in total. The van der Waals surface area contributed by atoms with E-state index in [0.717, 1.165) is 11.3 Å². The fourth-order valence-corrected chi connectivity index (χ4v) is 2.71. The predicted molar refractivity (Wildman–Crippen MR) is 78.5 cm³/mol. The molecule has 3 aromatic rings. The van der Waals surface area contributed by atoms with Crippen molar-refractivity contribution in [1.29, 1.82) is 0 Å². The Morgan fingerprint density at radius 2 is 2.14 bits per heavy atom. The van der Waals surface area contributed by atoms with Gasteiger partial charge in [0, 0.05) is 12.1 Å².